The quantitative estimate of drug-likeness (QED) is 0.648. The van der Waals surface area contributed by atoms with Gasteiger partial charge in [0.05, 0.1) is 5.92 Å². The van der Waals surface area contributed by atoms with Crippen molar-refractivity contribution in [3.8, 4) is 0 Å². The van der Waals surface area contributed by atoms with E-state index in [0.717, 1.165) is 11.1 Å². The maximum atomic E-state index is 11.7. The number of benzene rings is 1. The number of likely N-dealkylation sites (N-methyl/N-ethyl adjacent to an activating group) is 1. The van der Waals surface area contributed by atoms with Crippen molar-refractivity contribution in [3.05, 3.63) is 35.4 Å². The Kier molecular flexibility index (Phi) is 2.31. The minimum absolute atomic E-state index is 0.0912. The largest absolute Gasteiger partial charge is 0.285 e. The second-order valence-corrected chi connectivity index (χ2v) is 3.96. The molecule has 2 rings (SSSR count). The molecular weight excluding hydrogens is 190 g/mol. The van der Waals surface area contributed by atoms with E-state index in [1.54, 1.807) is 7.05 Å². The van der Waals surface area contributed by atoms with Crippen LogP contribution in [0.2, 0.25) is 0 Å². The second kappa shape index (κ2) is 3.50. The standard InChI is InChI=1S/C12H13NO2/c1-8-4-3-5-9(6-8)10-7-11(14)13(2)12(10)15/h3-6,10H,7H2,1-2H3. The molecule has 1 fully saturated rings. The van der Waals surface area contributed by atoms with E-state index in [1.807, 2.05) is 31.2 Å². The van der Waals surface area contributed by atoms with Gasteiger partial charge in [-0.3, -0.25) is 14.5 Å². The minimum Gasteiger partial charge on any atom is -0.285 e. The van der Waals surface area contributed by atoms with Crippen LogP contribution in [-0.4, -0.2) is 23.8 Å². The Balaban J connectivity index is 2.33. The van der Waals surface area contributed by atoms with Crippen molar-refractivity contribution >= 4 is 11.8 Å². The summed E-state index contributed by atoms with van der Waals surface area (Å²) in [6.45, 7) is 1.98. The fraction of sp³-hybridized carbons (Fsp3) is 0.333. The molecule has 0 aromatic heterocycles. The number of hydrogen-bond acceptors (Lipinski definition) is 2. The van der Waals surface area contributed by atoms with E-state index < -0.39 is 0 Å². The van der Waals surface area contributed by atoms with Gasteiger partial charge >= 0.3 is 0 Å². The highest BCUT2D eigenvalue weighted by molar-refractivity contribution is 6.05. The summed E-state index contributed by atoms with van der Waals surface area (Å²) >= 11 is 0. The molecule has 2 amide bonds. The van der Waals surface area contributed by atoms with Gasteiger partial charge in [0.25, 0.3) is 0 Å². The molecule has 0 N–H and O–H groups in total. The average Bonchev–Trinajstić information content (AvgIpc) is 2.46. The van der Waals surface area contributed by atoms with Crippen LogP contribution in [0.25, 0.3) is 0 Å². The molecule has 1 unspecified atom stereocenters. The normalized spacial score (nSPS) is 21.2. The first-order valence-electron chi connectivity index (χ1n) is 4.96. The summed E-state index contributed by atoms with van der Waals surface area (Å²) in [5, 5.41) is 0. The summed E-state index contributed by atoms with van der Waals surface area (Å²) in [4.78, 5) is 24.3. The lowest BCUT2D eigenvalue weighted by Crippen LogP contribution is -2.25. The van der Waals surface area contributed by atoms with E-state index in [1.165, 1.54) is 4.90 Å². The lowest BCUT2D eigenvalue weighted by Gasteiger charge is -2.09. The first-order chi connectivity index (χ1) is 7.09. The van der Waals surface area contributed by atoms with Crippen molar-refractivity contribution in [3.63, 3.8) is 0 Å². The summed E-state index contributed by atoms with van der Waals surface area (Å²) < 4.78 is 0. The van der Waals surface area contributed by atoms with E-state index in [0.29, 0.717) is 6.42 Å². The van der Waals surface area contributed by atoms with Crippen LogP contribution in [0.5, 0.6) is 0 Å². The van der Waals surface area contributed by atoms with Gasteiger partial charge in [0.15, 0.2) is 0 Å². The van der Waals surface area contributed by atoms with E-state index in [9.17, 15) is 9.59 Å². The topological polar surface area (TPSA) is 37.4 Å². The van der Waals surface area contributed by atoms with Crippen LogP contribution >= 0.6 is 0 Å². The first-order valence-corrected chi connectivity index (χ1v) is 4.96. The van der Waals surface area contributed by atoms with Gasteiger partial charge in [-0.2, -0.15) is 0 Å². The average molecular weight is 203 g/mol. The summed E-state index contributed by atoms with van der Waals surface area (Å²) in [5.41, 5.74) is 2.06. The van der Waals surface area contributed by atoms with Gasteiger partial charge in [-0.25, -0.2) is 0 Å². The maximum Gasteiger partial charge on any atom is 0.236 e. The highest BCUT2D eigenvalue weighted by Crippen LogP contribution is 2.28. The van der Waals surface area contributed by atoms with Crippen molar-refractivity contribution in [2.45, 2.75) is 19.3 Å². The number of nitrogens with zero attached hydrogens (tertiary/aromatic N) is 1. The molecule has 0 saturated carbocycles. The number of rotatable bonds is 1. The van der Waals surface area contributed by atoms with E-state index in [-0.39, 0.29) is 17.7 Å². The predicted molar refractivity (Wildman–Crippen MR) is 56.3 cm³/mol. The molecule has 78 valence electrons. The van der Waals surface area contributed by atoms with Gasteiger partial charge in [0, 0.05) is 13.5 Å². The Hall–Kier alpha value is -1.64. The van der Waals surface area contributed by atoms with Crippen molar-refractivity contribution in [2.24, 2.45) is 0 Å². The highest BCUT2D eigenvalue weighted by Gasteiger charge is 2.36. The van der Waals surface area contributed by atoms with E-state index >= 15 is 0 Å². The number of amides is 2. The Bertz CT molecular complexity index is 425. The van der Waals surface area contributed by atoms with Crippen LogP contribution in [0.1, 0.15) is 23.5 Å². The van der Waals surface area contributed by atoms with Crippen molar-refractivity contribution in [1.82, 2.24) is 4.90 Å². The van der Waals surface area contributed by atoms with Crippen LogP contribution in [0.3, 0.4) is 0 Å². The van der Waals surface area contributed by atoms with Crippen LogP contribution in [0.4, 0.5) is 0 Å². The van der Waals surface area contributed by atoms with E-state index in [2.05, 4.69) is 0 Å². The molecule has 1 aromatic carbocycles. The molecule has 1 aliphatic heterocycles. The summed E-state index contributed by atoms with van der Waals surface area (Å²) in [6.07, 6.45) is 0.304. The molecule has 15 heavy (non-hydrogen) atoms. The lowest BCUT2D eigenvalue weighted by atomic mass is 9.96. The van der Waals surface area contributed by atoms with Gasteiger partial charge in [0.2, 0.25) is 11.8 Å². The summed E-state index contributed by atoms with van der Waals surface area (Å²) in [6, 6.07) is 7.77. The van der Waals surface area contributed by atoms with Gasteiger partial charge in [-0.15, -0.1) is 0 Å². The fourth-order valence-electron chi connectivity index (χ4n) is 1.90. The summed E-state index contributed by atoms with van der Waals surface area (Å²) in [7, 11) is 1.54. The number of carbonyl (C=O) groups excluding carboxylic acids is 2. The van der Waals surface area contributed by atoms with Gasteiger partial charge in [-0.1, -0.05) is 29.8 Å². The molecule has 3 heteroatoms. The third-order valence-corrected chi connectivity index (χ3v) is 2.83. The molecule has 0 radical (unpaired) electrons. The van der Waals surface area contributed by atoms with Gasteiger partial charge in [0.1, 0.15) is 0 Å². The number of likely N-dealkylation sites (tertiary alicyclic amines) is 1. The molecule has 1 aromatic rings. The molecule has 1 heterocycles. The SMILES string of the molecule is Cc1cccc(C2CC(=O)N(C)C2=O)c1. The minimum atomic E-state index is -0.276. The molecule has 1 saturated heterocycles. The van der Waals surface area contributed by atoms with Crippen LogP contribution in [-0.2, 0) is 9.59 Å². The molecule has 3 nitrogen and oxygen atoms in total. The smallest absolute Gasteiger partial charge is 0.236 e. The zero-order valence-corrected chi connectivity index (χ0v) is 8.86. The molecule has 0 spiro atoms. The highest BCUT2D eigenvalue weighted by atomic mass is 16.2. The monoisotopic (exact) mass is 203 g/mol. The first kappa shape index (κ1) is 9.90. The van der Waals surface area contributed by atoms with Crippen LogP contribution < -0.4 is 0 Å². The molecule has 0 bridgehead atoms. The van der Waals surface area contributed by atoms with Gasteiger partial charge in [-0.05, 0) is 12.5 Å². The summed E-state index contributed by atoms with van der Waals surface area (Å²) in [5.74, 6) is -0.459. The fourth-order valence-corrected chi connectivity index (χ4v) is 1.90. The Morgan fingerprint density at radius 3 is 2.60 bits per heavy atom. The molecule has 1 aliphatic rings. The Morgan fingerprint density at radius 1 is 1.33 bits per heavy atom. The third kappa shape index (κ3) is 1.65. The molecular formula is C12H13NO2. The predicted octanol–water partition coefficient (Wildman–Crippen LogP) is 1.47. The zero-order chi connectivity index (χ0) is 11.0. The lowest BCUT2D eigenvalue weighted by molar-refractivity contribution is -0.137. The number of carbonyl (C=O) groups is 2. The number of imide groups is 1. The van der Waals surface area contributed by atoms with Crippen LogP contribution in [0, 0.1) is 6.92 Å². The third-order valence-electron chi connectivity index (χ3n) is 2.83. The number of aryl methyl sites for hydroxylation is 1. The molecule has 0 aliphatic carbocycles. The van der Waals surface area contributed by atoms with E-state index in [4.69, 9.17) is 0 Å². The molecule has 1 atom stereocenters. The second-order valence-electron chi connectivity index (χ2n) is 3.96. The van der Waals surface area contributed by atoms with Crippen molar-refractivity contribution < 1.29 is 9.59 Å². The Labute approximate surface area is 88.7 Å². The van der Waals surface area contributed by atoms with Crippen molar-refractivity contribution in [2.75, 3.05) is 7.05 Å². The van der Waals surface area contributed by atoms with Gasteiger partial charge < -0.3 is 0 Å². The Morgan fingerprint density at radius 2 is 2.07 bits per heavy atom. The zero-order valence-electron chi connectivity index (χ0n) is 8.86. The maximum absolute atomic E-state index is 11.7. The van der Waals surface area contributed by atoms with Crippen LogP contribution in [0.15, 0.2) is 24.3 Å². The van der Waals surface area contributed by atoms with Crippen molar-refractivity contribution in [1.29, 1.82) is 0 Å². The number of hydrogen-bond donors (Lipinski definition) is 0.